The van der Waals surface area contributed by atoms with Gasteiger partial charge in [-0.2, -0.15) is 0 Å². The molecule has 8 nitrogen and oxygen atoms in total. The van der Waals surface area contributed by atoms with Gasteiger partial charge in [0, 0.05) is 35.6 Å². The van der Waals surface area contributed by atoms with Crippen LogP contribution in [0.1, 0.15) is 33.2 Å². The van der Waals surface area contributed by atoms with E-state index in [4.69, 9.17) is 9.47 Å². The molecule has 3 aliphatic rings. The zero-order valence-corrected chi connectivity index (χ0v) is 20.6. The molecule has 0 bridgehead atoms. The summed E-state index contributed by atoms with van der Waals surface area (Å²) in [6.07, 6.45) is 0.727. The molecular weight excluding hydrogens is 504 g/mol. The number of amides is 1. The molecule has 6 rings (SSSR count). The van der Waals surface area contributed by atoms with Crippen molar-refractivity contribution in [1.82, 2.24) is 9.58 Å². The Kier molecular flexibility index (Phi) is 5.93. The van der Waals surface area contributed by atoms with Crippen LogP contribution >= 0.6 is 11.8 Å². The predicted molar refractivity (Wildman–Crippen MR) is 131 cm³/mol. The number of hydrogen-bond donors (Lipinski definition) is 1. The molecule has 3 atom stereocenters. The lowest BCUT2D eigenvalue weighted by atomic mass is 9.93. The number of hydrogen-bond acceptors (Lipinski definition) is 7. The van der Waals surface area contributed by atoms with Gasteiger partial charge in [-0.15, -0.1) is 11.8 Å². The number of thioether (sulfide) groups is 1. The largest absolute Gasteiger partial charge is 0.502 e. The van der Waals surface area contributed by atoms with Crippen molar-refractivity contribution in [2.45, 2.75) is 28.9 Å². The fraction of sp³-hybridized carbons (Fsp3) is 0.308. The molecule has 11 heteroatoms. The number of methoxy groups -OCH3 is 1. The number of halogens is 2. The van der Waals surface area contributed by atoms with Crippen molar-refractivity contribution < 1.29 is 28.2 Å². The first-order valence-corrected chi connectivity index (χ1v) is 12.7. The lowest BCUT2D eigenvalue weighted by molar-refractivity contribution is -0.0693. The molecule has 1 aromatic heterocycles. The third kappa shape index (κ3) is 3.64. The SMILES string of the molecule is COCC1COC[C@@H]2N1C(=O)c1c(O)c(=O)ccn1N2[C@@H]1c2ccccc2SCc2c1ccc(F)c2F. The number of aromatic nitrogens is 1. The van der Waals surface area contributed by atoms with E-state index in [1.165, 1.54) is 35.8 Å². The van der Waals surface area contributed by atoms with Crippen LogP contribution in [0.15, 0.2) is 58.4 Å². The van der Waals surface area contributed by atoms with Crippen LogP contribution < -0.4 is 10.4 Å². The first-order chi connectivity index (χ1) is 17.9. The van der Waals surface area contributed by atoms with E-state index in [-0.39, 0.29) is 36.8 Å². The fourth-order valence-electron chi connectivity index (χ4n) is 5.46. The van der Waals surface area contributed by atoms with Crippen molar-refractivity contribution in [2.75, 3.05) is 31.9 Å². The molecule has 1 amide bonds. The summed E-state index contributed by atoms with van der Waals surface area (Å²) < 4.78 is 42.3. The summed E-state index contributed by atoms with van der Waals surface area (Å²) in [5.41, 5.74) is 0.644. The maximum absolute atomic E-state index is 15.2. The Balaban J connectivity index is 1.66. The maximum atomic E-state index is 15.2. The zero-order chi connectivity index (χ0) is 25.8. The summed E-state index contributed by atoms with van der Waals surface area (Å²) in [5, 5.41) is 12.6. The van der Waals surface area contributed by atoms with Gasteiger partial charge in [0.2, 0.25) is 5.43 Å². The number of carbonyl (C=O) groups is 1. The van der Waals surface area contributed by atoms with Gasteiger partial charge in [-0.3, -0.25) is 19.3 Å². The molecule has 0 aliphatic carbocycles. The van der Waals surface area contributed by atoms with Gasteiger partial charge < -0.3 is 19.5 Å². The van der Waals surface area contributed by atoms with Crippen molar-refractivity contribution >= 4 is 17.7 Å². The van der Waals surface area contributed by atoms with Crippen molar-refractivity contribution in [3.63, 3.8) is 0 Å². The summed E-state index contributed by atoms with van der Waals surface area (Å²) in [6, 6.07) is 10.2. The number of carbonyl (C=O) groups excluding carboxylic acids is 1. The van der Waals surface area contributed by atoms with Crippen molar-refractivity contribution in [2.24, 2.45) is 0 Å². The molecule has 0 spiro atoms. The lowest BCUT2D eigenvalue weighted by Crippen LogP contribution is -2.69. The van der Waals surface area contributed by atoms with Crippen molar-refractivity contribution in [3.05, 3.63) is 92.9 Å². The molecule has 1 N–H and O–H groups in total. The van der Waals surface area contributed by atoms with Crippen molar-refractivity contribution in [3.8, 4) is 5.75 Å². The molecule has 1 saturated heterocycles. The van der Waals surface area contributed by atoms with Crippen LogP contribution in [0.25, 0.3) is 0 Å². The Hall–Kier alpha value is -3.41. The van der Waals surface area contributed by atoms with E-state index in [1.807, 2.05) is 24.3 Å². The van der Waals surface area contributed by atoms with Crippen LogP contribution in [0, 0.1) is 11.6 Å². The number of morpholine rings is 1. The average molecular weight is 528 g/mol. The number of fused-ring (bicyclic) bond motifs is 4. The minimum Gasteiger partial charge on any atom is -0.502 e. The molecule has 192 valence electrons. The normalized spacial score (nSPS) is 22.6. The predicted octanol–water partition coefficient (Wildman–Crippen LogP) is 2.99. The third-order valence-electron chi connectivity index (χ3n) is 7.07. The second-order valence-electron chi connectivity index (χ2n) is 9.10. The van der Waals surface area contributed by atoms with E-state index in [1.54, 1.807) is 16.0 Å². The Morgan fingerprint density at radius 1 is 1.11 bits per heavy atom. The first kappa shape index (κ1) is 24.0. The topological polar surface area (TPSA) is 84.2 Å². The van der Waals surface area contributed by atoms with Crippen LogP contribution in [0.4, 0.5) is 8.78 Å². The average Bonchev–Trinajstić information content (AvgIpc) is 3.06. The van der Waals surface area contributed by atoms with E-state index >= 15 is 4.39 Å². The third-order valence-corrected chi connectivity index (χ3v) is 8.19. The minimum atomic E-state index is -0.942. The number of pyridine rings is 1. The van der Waals surface area contributed by atoms with Gasteiger partial charge in [-0.05, 0) is 23.3 Å². The molecule has 2 aromatic carbocycles. The highest BCUT2D eigenvalue weighted by atomic mass is 32.2. The molecule has 3 aromatic rings. The molecule has 37 heavy (non-hydrogen) atoms. The van der Waals surface area contributed by atoms with Gasteiger partial charge in [-0.25, -0.2) is 8.78 Å². The zero-order valence-electron chi connectivity index (χ0n) is 19.8. The quantitative estimate of drug-likeness (QED) is 0.561. The fourth-order valence-corrected chi connectivity index (χ4v) is 6.58. The second kappa shape index (κ2) is 9.16. The summed E-state index contributed by atoms with van der Waals surface area (Å²) in [7, 11) is 1.51. The summed E-state index contributed by atoms with van der Waals surface area (Å²) in [4.78, 5) is 28.6. The second-order valence-corrected chi connectivity index (χ2v) is 10.1. The molecule has 1 unspecified atom stereocenters. The number of rotatable bonds is 3. The number of nitrogens with zero attached hydrogens (tertiary/aromatic N) is 3. The minimum absolute atomic E-state index is 0.114. The molecule has 0 radical (unpaired) electrons. The van der Waals surface area contributed by atoms with Gasteiger partial charge in [0.1, 0.15) is 6.17 Å². The Morgan fingerprint density at radius 3 is 2.73 bits per heavy atom. The molecule has 0 saturated carbocycles. The Labute approximate surface area is 215 Å². The van der Waals surface area contributed by atoms with Crippen LogP contribution in [0.3, 0.4) is 0 Å². The van der Waals surface area contributed by atoms with Crippen LogP contribution in [0.2, 0.25) is 0 Å². The van der Waals surface area contributed by atoms with Crippen LogP contribution in [-0.4, -0.2) is 59.7 Å². The monoisotopic (exact) mass is 527 g/mol. The smallest absolute Gasteiger partial charge is 0.278 e. The van der Waals surface area contributed by atoms with Gasteiger partial charge in [-0.1, -0.05) is 24.3 Å². The molecule has 4 heterocycles. The Morgan fingerprint density at radius 2 is 1.92 bits per heavy atom. The van der Waals surface area contributed by atoms with Gasteiger partial charge in [0.15, 0.2) is 23.1 Å². The van der Waals surface area contributed by atoms with E-state index in [9.17, 15) is 19.1 Å². The lowest BCUT2D eigenvalue weighted by Gasteiger charge is -2.53. The van der Waals surface area contributed by atoms with E-state index in [0.717, 1.165) is 16.5 Å². The van der Waals surface area contributed by atoms with Crippen LogP contribution in [-0.2, 0) is 15.2 Å². The molecular formula is C26H23F2N3O5S. The van der Waals surface area contributed by atoms with Gasteiger partial charge in [0.25, 0.3) is 5.91 Å². The van der Waals surface area contributed by atoms with Gasteiger partial charge in [0.05, 0.1) is 31.9 Å². The summed E-state index contributed by atoms with van der Waals surface area (Å²) in [5.74, 6) is -2.88. The summed E-state index contributed by atoms with van der Waals surface area (Å²) >= 11 is 1.39. The highest BCUT2D eigenvalue weighted by Gasteiger charge is 2.49. The van der Waals surface area contributed by atoms with E-state index in [0.29, 0.717) is 5.56 Å². The first-order valence-electron chi connectivity index (χ1n) is 11.7. The Bertz CT molecular complexity index is 1460. The number of aromatic hydroxyl groups is 1. The van der Waals surface area contributed by atoms with Crippen molar-refractivity contribution in [1.29, 1.82) is 0 Å². The van der Waals surface area contributed by atoms with Crippen LogP contribution in [0.5, 0.6) is 5.75 Å². The van der Waals surface area contributed by atoms with E-state index < -0.39 is 47.0 Å². The molecule has 3 aliphatic heterocycles. The molecule has 1 fully saturated rings. The maximum Gasteiger partial charge on any atom is 0.278 e. The highest BCUT2D eigenvalue weighted by molar-refractivity contribution is 7.98. The highest BCUT2D eigenvalue weighted by Crippen LogP contribution is 2.45. The van der Waals surface area contributed by atoms with E-state index in [2.05, 4.69) is 0 Å². The summed E-state index contributed by atoms with van der Waals surface area (Å²) in [6.45, 7) is 0.486. The standard InChI is InChI=1S/C26H23F2N3O5S/c1-35-10-14-11-36-12-21-30(14)26(34)24-25(33)19(32)8-9-29(24)31(21)23-15-6-7-18(27)22(28)17(15)13-37-20-5-3-2-4-16(20)23/h2-9,14,21,23,33H,10-13H2,1H3/t14?,21-,23+/m1/s1. The van der Waals surface area contributed by atoms with Gasteiger partial charge >= 0.3 is 0 Å². The number of benzene rings is 2. The number of ether oxygens (including phenoxy) is 2.